The van der Waals surface area contributed by atoms with Crippen LogP contribution in [0.5, 0.6) is 0 Å². The molecule has 0 saturated carbocycles. The van der Waals surface area contributed by atoms with Gasteiger partial charge < -0.3 is 3.90 Å². The maximum absolute atomic E-state index is 3.13. The molecule has 3 fully saturated rings. The number of rotatable bonds is 3. The maximum atomic E-state index is 3.13. The van der Waals surface area contributed by atoms with Gasteiger partial charge in [0.2, 0.25) is 0 Å². The first-order chi connectivity index (χ1) is 10.4. The molecule has 3 aliphatic heterocycles. The van der Waals surface area contributed by atoms with Gasteiger partial charge in [-0.2, -0.15) is 0 Å². The van der Waals surface area contributed by atoms with Crippen LogP contribution in [-0.4, -0.2) is 108 Å². The fourth-order valence-electron chi connectivity index (χ4n) is 4.95. The molecule has 3 heterocycles. The van der Waals surface area contributed by atoms with Gasteiger partial charge in [0.15, 0.2) is 0 Å². The Kier molecular flexibility index (Phi) is 5.71. The number of hydrogen-bond acceptors (Lipinski definition) is 5. The van der Waals surface area contributed by atoms with Gasteiger partial charge in [-0.25, -0.2) is 0 Å². The topological polar surface area (TPSA) is 16.2 Å². The molecule has 0 aromatic carbocycles. The minimum absolute atomic E-state index is 1.20. The summed E-state index contributed by atoms with van der Waals surface area (Å²) in [7, 11) is 2.31. The minimum atomic E-state index is -2.01. The van der Waals surface area contributed by atoms with Crippen molar-refractivity contribution in [3.05, 3.63) is 0 Å². The predicted octanol–water partition coefficient (Wildman–Crippen LogP) is 1.52. The van der Waals surface area contributed by atoms with Gasteiger partial charge in [0.25, 0.3) is 0 Å². The zero-order valence-corrected chi connectivity index (χ0v) is 20.0. The van der Waals surface area contributed by atoms with E-state index in [-0.39, 0.29) is 0 Å². The van der Waals surface area contributed by atoms with Gasteiger partial charge in [-0.05, 0) is 21.1 Å². The van der Waals surface area contributed by atoms with Crippen LogP contribution in [0.3, 0.4) is 0 Å². The van der Waals surface area contributed by atoms with E-state index in [1.54, 1.807) is 0 Å². The second kappa shape index (κ2) is 6.64. The molecule has 0 unspecified atom stereocenters. The van der Waals surface area contributed by atoms with Gasteiger partial charge in [-0.15, -0.1) is 0 Å². The fraction of sp³-hybridized carbons (Fsp3) is 1.00. The summed E-state index contributed by atoms with van der Waals surface area (Å²) in [5, 5.41) is 0. The molecule has 0 atom stereocenters. The Balaban J connectivity index is 2.64. The molecule has 3 aliphatic rings. The summed E-state index contributed by atoms with van der Waals surface area (Å²) in [5.74, 6) is 0. The lowest BCUT2D eigenvalue weighted by molar-refractivity contribution is 0.140. The zero-order valence-electron chi connectivity index (χ0n) is 17.0. The Morgan fingerprint density at radius 2 is 0.913 bits per heavy atom. The summed E-state index contributed by atoms with van der Waals surface area (Å²) in [6.07, 6.45) is 0. The molecule has 0 spiro atoms. The van der Waals surface area contributed by atoms with Crippen molar-refractivity contribution in [2.24, 2.45) is 0 Å². The molecule has 0 aliphatic carbocycles. The summed E-state index contributed by atoms with van der Waals surface area (Å²) in [6.45, 7) is 22.7. The molecular formula is C15H39N5Si3. The maximum Gasteiger partial charge on any atom is 0.362 e. The van der Waals surface area contributed by atoms with Crippen LogP contribution in [0, 0.1) is 0 Å². The summed E-state index contributed by atoms with van der Waals surface area (Å²) < 4.78 is 11.5. The molecule has 0 aromatic rings. The van der Waals surface area contributed by atoms with E-state index >= 15 is 0 Å². The zero-order chi connectivity index (χ0) is 17.6. The average Bonchev–Trinajstić information content (AvgIpc) is 2.36. The predicted molar refractivity (Wildman–Crippen MR) is 109 cm³/mol. The van der Waals surface area contributed by atoms with E-state index in [9.17, 15) is 0 Å². The van der Waals surface area contributed by atoms with Crippen molar-refractivity contribution in [2.45, 2.75) is 39.3 Å². The van der Waals surface area contributed by atoms with E-state index in [0.717, 1.165) is 0 Å². The van der Waals surface area contributed by atoms with Crippen LogP contribution in [0.2, 0.25) is 39.3 Å². The number of nitrogens with zero attached hydrogens (tertiary/aromatic N) is 5. The third kappa shape index (κ3) is 3.55. The smallest absolute Gasteiger partial charge is 0.330 e. The van der Waals surface area contributed by atoms with Crippen LogP contribution in [-0.2, 0) is 0 Å². The first kappa shape index (κ1) is 19.8. The van der Waals surface area contributed by atoms with E-state index in [0.29, 0.717) is 0 Å². The van der Waals surface area contributed by atoms with Gasteiger partial charge in [0.1, 0.15) is 16.5 Å². The van der Waals surface area contributed by atoms with Crippen molar-refractivity contribution in [1.82, 2.24) is 22.5 Å². The lowest BCUT2D eigenvalue weighted by Crippen LogP contribution is -2.90. The van der Waals surface area contributed by atoms with Crippen molar-refractivity contribution in [2.75, 3.05) is 60.4 Å². The lowest BCUT2D eigenvalue weighted by atomic mass is 10.4. The van der Waals surface area contributed by atoms with Crippen molar-refractivity contribution in [3.63, 3.8) is 0 Å². The van der Waals surface area contributed by atoms with E-state index in [1.165, 1.54) is 39.3 Å². The Labute approximate surface area is 147 Å². The highest BCUT2D eigenvalue weighted by Gasteiger charge is 2.60. The monoisotopic (exact) mass is 373 g/mol. The first-order valence-corrected chi connectivity index (χ1v) is 17.8. The molecule has 8 heteroatoms. The molecule has 136 valence electrons. The normalized spacial score (nSPS) is 32.9. The van der Waals surface area contributed by atoms with Gasteiger partial charge in [0.05, 0.1) is 0 Å². The second-order valence-corrected chi connectivity index (χ2v) is 24.2. The standard InChI is InChI=1S/C15H39N5Si3/c1-16-10-13-19-14-11-17(2)23(16,18(3)12-15-19)20(21(4,5)6)22(7,8)9/h10-15H2,1-9H3. The molecule has 5 nitrogen and oxygen atoms in total. The van der Waals surface area contributed by atoms with Crippen LogP contribution in [0.4, 0.5) is 0 Å². The third-order valence-electron chi connectivity index (χ3n) is 5.43. The average molecular weight is 374 g/mol. The van der Waals surface area contributed by atoms with E-state index < -0.39 is 25.2 Å². The summed E-state index contributed by atoms with van der Waals surface area (Å²) in [4.78, 5) is 2.65. The number of likely N-dealkylation sites (N-methyl/N-ethyl adjacent to an activating group) is 3. The van der Waals surface area contributed by atoms with Gasteiger partial charge >= 0.3 is 8.72 Å². The summed E-state index contributed by atoms with van der Waals surface area (Å²) in [5.41, 5.74) is 0. The van der Waals surface area contributed by atoms with E-state index in [2.05, 4.69) is 82.9 Å². The van der Waals surface area contributed by atoms with Crippen molar-refractivity contribution < 1.29 is 0 Å². The van der Waals surface area contributed by atoms with Crippen LogP contribution in [0.1, 0.15) is 0 Å². The minimum Gasteiger partial charge on any atom is -0.330 e. The Morgan fingerprint density at radius 3 is 1.17 bits per heavy atom. The number of fused-ring (bicyclic) bond motifs is 6. The van der Waals surface area contributed by atoms with Gasteiger partial charge in [0, 0.05) is 39.3 Å². The Morgan fingerprint density at radius 1 is 0.609 bits per heavy atom. The highest BCUT2D eigenvalue weighted by atomic mass is 28.5. The highest BCUT2D eigenvalue weighted by Crippen LogP contribution is 2.34. The quantitative estimate of drug-likeness (QED) is 0.695. The molecular weight excluding hydrogens is 334 g/mol. The molecule has 2 bridgehead atoms. The molecule has 0 N–H and O–H groups in total. The van der Waals surface area contributed by atoms with Crippen LogP contribution < -0.4 is 0 Å². The van der Waals surface area contributed by atoms with E-state index in [4.69, 9.17) is 0 Å². The fourth-order valence-corrected chi connectivity index (χ4v) is 27.2. The molecule has 0 radical (unpaired) electrons. The van der Waals surface area contributed by atoms with Gasteiger partial charge in [-0.3, -0.25) is 18.6 Å². The number of hydrogen-bond donors (Lipinski definition) is 0. The largest absolute Gasteiger partial charge is 0.362 e. The van der Waals surface area contributed by atoms with Gasteiger partial charge in [-0.1, -0.05) is 39.3 Å². The molecule has 23 heavy (non-hydrogen) atoms. The molecule has 3 saturated heterocycles. The Bertz CT molecular complexity index is 370. The van der Waals surface area contributed by atoms with Crippen molar-refractivity contribution >= 4 is 25.2 Å². The van der Waals surface area contributed by atoms with Crippen LogP contribution >= 0.6 is 0 Å². The highest BCUT2D eigenvalue weighted by molar-refractivity contribution is 7.02. The third-order valence-corrected chi connectivity index (χ3v) is 22.3. The Hall–Kier alpha value is 0.451. The SMILES string of the molecule is CN1CCN2CCN(C)[Si]1(N([Si](C)(C)C)[Si](C)(C)C)N(C)CC2. The molecule has 0 aromatic heterocycles. The van der Waals surface area contributed by atoms with Crippen LogP contribution in [0.25, 0.3) is 0 Å². The van der Waals surface area contributed by atoms with Crippen LogP contribution in [0.15, 0.2) is 0 Å². The lowest BCUT2D eigenvalue weighted by Gasteiger charge is -2.64. The first-order valence-electron chi connectivity index (χ1n) is 9.08. The summed E-state index contributed by atoms with van der Waals surface area (Å²) in [6, 6.07) is 0. The summed E-state index contributed by atoms with van der Waals surface area (Å²) >= 11 is 0. The van der Waals surface area contributed by atoms with Crippen molar-refractivity contribution in [3.8, 4) is 0 Å². The second-order valence-electron chi connectivity index (χ2n) is 9.38. The molecule has 0 amide bonds. The molecule has 3 rings (SSSR count). The van der Waals surface area contributed by atoms with Crippen molar-refractivity contribution in [1.29, 1.82) is 0 Å². The van der Waals surface area contributed by atoms with E-state index in [1.807, 2.05) is 0 Å².